The summed E-state index contributed by atoms with van der Waals surface area (Å²) in [6.45, 7) is 4.09. The minimum Gasteiger partial charge on any atom is -0.369 e. The molecule has 5 atom stereocenters. The summed E-state index contributed by atoms with van der Waals surface area (Å²) < 4.78 is 31.6. The first-order valence-electron chi connectivity index (χ1n) is 4.63. The van der Waals surface area contributed by atoms with Crippen LogP contribution in [0.25, 0.3) is 0 Å². The van der Waals surface area contributed by atoms with Crippen molar-refractivity contribution in [2.75, 3.05) is 0 Å². The molecule has 0 aliphatic carbocycles. The predicted octanol–water partition coefficient (Wildman–Crippen LogP) is -0.146. The van der Waals surface area contributed by atoms with Gasteiger partial charge in [-0.3, -0.25) is 0 Å². The molecule has 0 spiro atoms. The van der Waals surface area contributed by atoms with Gasteiger partial charge >= 0.3 is 0 Å². The molecule has 1 N–H and O–H groups in total. The fourth-order valence-corrected chi connectivity index (χ4v) is 4.97. The van der Waals surface area contributed by atoms with Crippen LogP contribution in [0.15, 0.2) is 0 Å². The van der Waals surface area contributed by atoms with Crippen LogP contribution >= 0.6 is 0 Å². The van der Waals surface area contributed by atoms with E-state index in [1.54, 1.807) is 0 Å². The first-order valence-corrected chi connectivity index (χ1v) is 6.18. The van der Waals surface area contributed by atoms with Crippen molar-refractivity contribution in [3.05, 3.63) is 0 Å². The second kappa shape index (κ2) is 1.94. The summed E-state index contributed by atoms with van der Waals surface area (Å²) in [6.07, 6.45) is 0.565. The monoisotopic (exact) mass is 203 g/mol. The van der Waals surface area contributed by atoms with E-state index in [0.29, 0.717) is 12.3 Å². The van der Waals surface area contributed by atoms with E-state index in [-0.39, 0.29) is 23.0 Å². The van der Waals surface area contributed by atoms with Crippen molar-refractivity contribution in [1.82, 2.24) is 4.72 Å². The third kappa shape index (κ3) is 0.765. The van der Waals surface area contributed by atoms with Gasteiger partial charge in [-0.1, -0.05) is 6.92 Å². The Bertz CT molecular complexity index is 366. The molecule has 3 heterocycles. The smallest absolute Gasteiger partial charge is 0.217 e. The highest BCUT2D eigenvalue weighted by Crippen LogP contribution is 2.52. The lowest BCUT2D eigenvalue weighted by Crippen LogP contribution is -2.40. The summed E-state index contributed by atoms with van der Waals surface area (Å²) in [5, 5.41) is -0.293. The molecule has 3 saturated heterocycles. The topological polar surface area (TPSA) is 55.4 Å². The summed E-state index contributed by atoms with van der Waals surface area (Å²) >= 11 is 0. The number of ether oxygens (including phenoxy) is 1. The van der Waals surface area contributed by atoms with Crippen LogP contribution in [0.2, 0.25) is 0 Å². The van der Waals surface area contributed by atoms with Crippen LogP contribution < -0.4 is 4.72 Å². The lowest BCUT2D eigenvalue weighted by Gasteiger charge is -2.27. The summed E-state index contributed by atoms with van der Waals surface area (Å²) in [5.41, 5.74) is -0.212. The fourth-order valence-electron chi connectivity index (χ4n) is 2.95. The molecule has 0 aromatic heterocycles. The standard InChI is InChI=1S/C8H13NO3S/c1-4-6-7-5(13(10,11)9-6)3-8(4,2)12-7/h4-7,9H,3H2,1-2H3. The first kappa shape index (κ1) is 8.20. The highest BCUT2D eigenvalue weighted by atomic mass is 32.2. The maximum atomic E-state index is 11.6. The zero-order valence-electron chi connectivity index (χ0n) is 7.65. The summed E-state index contributed by atoms with van der Waals surface area (Å²) in [4.78, 5) is 0. The number of fused-ring (bicyclic) bond motifs is 1. The van der Waals surface area contributed by atoms with Crippen LogP contribution in [-0.2, 0) is 14.8 Å². The number of nitrogens with one attached hydrogen (secondary N) is 1. The van der Waals surface area contributed by atoms with Crippen molar-refractivity contribution in [3.8, 4) is 0 Å². The molecule has 3 fully saturated rings. The molecule has 74 valence electrons. The molecule has 0 aromatic rings. The molecule has 2 bridgehead atoms. The van der Waals surface area contributed by atoms with E-state index in [1.165, 1.54) is 0 Å². The van der Waals surface area contributed by atoms with Crippen molar-refractivity contribution in [1.29, 1.82) is 0 Å². The molecule has 0 radical (unpaired) electrons. The van der Waals surface area contributed by atoms with E-state index in [2.05, 4.69) is 11.6 Å². The molecule has 3 rings (SSSR count). The van der Waals surface area contributed by atoms with E-state index in [0.717, 1.165) is 0 Å². The molecule has 0 amide bonds. The predicted molar refractivity (Wildman–Crippen MR) is 46.7 cm³/mol. The van der Waals surface area contributed by atoms with Crippen LogP contribution in [0.4, 0.5) is 0 Å². The SMILES string of the molecule is CC1C2NS(=O)(=O)C3CC1(C)OC23. The van der Waals surface area contributed by atoms with Gasteiger partial charge in [0, 0.05) is 5.92 Å². The molecule has 5 heteroatoms. The van der Waals surface area contributed by atoms with E-state index >= 15 is 0 Å². The van der Waals surface area contributed by atoms with Gasteiger partial charge in [0.15, 0.2) is 0 Å². The Morgan fingerprint density at radius 3 is 2.77 bits per heavy atom. The Balaban J connectivity index is 2.14. The third-order valence-electron chi connectivity index (χ3n) is 3.93. The Morgan fingerprint density at radius 2 is 2.23 bits per heavy atom. The quantitative estimate of drug-likeness (QED) is 0.596. The second-order valence-corrected chi connectivity index (χ2v) is 6.55. The lowest BCUT2D eigenvalue weighted by atomic mass is 9.78. The van der Waals surface area contributed by atoms with Gasteiger partial charge in [-0.15, -0.1) is 0 Å². The van der Waals surface area contributed by atoms with Crippen molar-refractivity contribution in [3.63, 3.8) is 0 Å². The molecule has 0 aromatic carbocycles. The van der Waals surface area contributed by atoms with Crippen LogP contribution in [0.3, 0.4) is 0 Å². The van der Waals surface area contributed by atoms with Gasteiger partial charge in [-0.05, 0) is 13.3 Å². The van der Waals surface area contributed by atoms with Gasteiger partial charge in [0.05, 0.1) is 17.7 Å². The van der Waals surface area contributed by atoms with Crippen LogP contribution in [0.1, 0.15) is 20.3 Å². The van der Waals surface area contributed by atoms with Gasteiger partial charge in [-0.25, -0.2) is 13.1 Å². The molecule has 5 unspecified atom stereocenters. The van der Waals surface area contributed by atoms with Crippen molar-refractivity contribution in [2.24, 2.45) is 5.92 Å². The molecule has 3 aliphatic rings. The number of hydrogen-bond acceptors (Lipinski definition) is 3. The minimum atomic E-state index is -3.08. The van der Waals surface area contributed by atoms with Gasteiger partial charge in [0.25, 0.3) is 0 Å². The summed E-state index contributed by atoms with van der Waals surface area (Å²) in [7, 11) is -3.08. The van der Waals surface area contributed by atoms with Gasteiger partial charge in [0.2, 0.25) is 10.0 Å². The highest BCUT2D eigenvalue weighted by Gasteiger charge is 2.67. The molecular weight excluding hydrogens is 190 g/mol. The molecule has 13 heavy (non-hydrogen) atoms. The zero-order chi connectivity index (χ0) is 9.43. The first-order chi connectivity index (χ1) is 5.94. The molecule has 3 aliphatic heterocycles. The molecule has 4 nitrogen and oxygen atoms in total. The normalized spacial score (nSPS) is 61.7. The lowest BCUT2D eigenvalue weighted by molar-refractivity contribution is 0.0107. The van der Waals surface area contributed by atoms with Crippen molar-refractivity contribution < 1.29 is 13.2 Å². The summed E-state index contributed by atoms with van der Waals surface area (Å²) in [5.74, 6) is 0.297. The van der Waals surface area contributed by atoms with E-state index in [9.17, 15) is 8.42 Å². The fraction of sp³-hybridized carbons (Fsp3) is 1.00. The number of hydrogen-bond donors (Lipinski definition) is 1. The average molecular weight is 203 g/mol. The van der Waals surface area contributed by atoms with E-state index < -0.39 is 10.0 Å². The van der Waals surface area contributed by atoms with Crippen molar-refractivity contribution in [2.45, 2.75) is 43.3 Å². The van der Waals surface area contributed by atoms with Crippen molar-refractivity contribution >= 4 is 10.0 Å². The molecular formula is C8H13NO3S. The Morgan fingerprint density at radius 1 is 1.54 bits per heavy atom. The van der Waals surface area contributed by atoms with Crippen LogP contribution in [-0.4, -0.2) is 31.4 Å². The Hall–Kier alpha value is -0.130. The van der Waals surface area contributed by atoms with Gasteiger partial charge < -0.3 is 4.74 Å². The molecule has 0 saturated carbocycles. The highest BCUT2D eigenvalue weighted by molar-refractivity contribution is 7.90. The number of sulfonamides is 1. The Labute approximate surface area is 77.7 Å². The van der Waals surface area contributed by atoms with Gasteiger partial charge in [0.1, 0.15) is 5.25 Å². The third-order valence-corrected chi connectivity index (χ3v) is 5.77. The van der Waals surface area contributed by atoms with E-state index in [1.807, 2.05) is 6.92 Å². The minimum absolute atomic E-state index is 0.0220. The maximum Gasteiger partial charge on any atom is 0.217 e. The van der Waals surface area contributed by atoms with Crippen LogP contribution in [0, 0.1) is 5.92 Å². The average Bonchev–Trinajstić information content (AvgIpc) is 2.52. The zero-order valence-corrected chi connectivity index (χ0v) is 8.47. The Kier molecular flexibility index (Phi) is 1.23. The van der Waals surface area contributed by atoms with Crippen LogP contribution in [0.5, 0.6) is 0 Å². The second-order valence-electron chi connectivity index (χ2n) is 4.62. The largest absolute Gasteiger partial charge is 0.369 e. The van der Waals surface area contributed by atoms with E-state index in [4.69, 9.17) is 4.74 Å². The van der Waals surface area contributed by atoms with Gasteiger partial charge in [-0.2, -0.15) is 0 Å². The number of rotatable bonds is 0. The maximum absolute atomic E-state index is 11.6. The summed E-state index contributed by atoms with van der Waals surface area (Å²) in [6, 6.07) is 0.0220.